The molecule has 1 rings (SSSR count). The second-order valence-corrected chi connectivity index (χ2v) is 3.87. The molecule has 1 aliphatic carbocycles. The first-order chi connectivity index (χ1) is 6.15. The lowest BCUT2D eigenvalue weighted by Gasteiger charge is -2.38. The molecule has 0 aromatic rings. The highest BCUT2D eigenvalue weighted by atomic mass is 16.2. The second kappa shape index (κ2) is 4.58. The van der Waals surface area contributed by atoms with Gasteiger partial charge in [0, 0.05) is 18.5 Å². The third-order valence-corrected chi connectivity index (χ3v) is 2.99. The van der Waals surface area contributed by atoms with E-state index in [9.17, 15) is 4.79 Å². The Morgan fingerprint density at radius 1 is 1.69 bits per heavy atom. The van der Waals surface area contributed by atoms with Gasteiger partial charge >= 0.3 is 0 Å². The summed E-state index contributed by atoms with van der Waals surface area (Å²) in [6.45, 7) is 2.06. The van der Waals surface area contributed by atoms with E-state index in [0.29, 0.717) is 12.5 Å². The average molecular weight is 185 g/mol. The molecule has 1 fully saturated rings. The molecule has 0 bridgehead atoms. The van der Waals surface area contributed by atoms with Gasteiger partial charge in [0.15, 0.2) is 0 Å². The Morgan fingerprint density at radius 2 is 2.31 bits per heavy atom. The van der Waals surface area contributed by atoms with Crippen molar-refractivity contribution in [2.24, 2.45) is 5.84 Å². The van der Waals surface area contributed by atoms with Crippen LogP contribution >= 0.6 is 0 Å². The van der Waals surface area contributed by atoms with E-state index in [1.54, 1.807) is 0 Å². The number of nitrogens with one attached hydrogen (secondary N) is 1. The van der Waals surface area contributed by atoms with E-state index in [1.807, 2.05) is 0 Å². The van der Waals surface area contributed by atoms with Crippen molar-refractivity contribution in [3.8, 4) is 0 Å². The standard InChI is InChI=1S/C9H19N3O/c1-7(6-9(13)11-10)12(2)8-4-3-5-8/h7-8H,3-6,10H2,1-2H3,(H,11,13). The number of carbonyl (C=O) groups excluding carboxylic acids is 1. The third kappa shape index (κ3) is 2.67. The molecule has 0 saturated heterocycles. The quantitative estimate of drug-likeness (QED) is 0.375. The number of nitrogens with zero attached hydrogens (tertiary/aromatic N) is 1. The molecule has 0 aromatic carbocycles. The Hall–Kier alpha value is -0.610. The van der Waals surface area contributed by atoms with Crippen LogP contribution in [-0.4, -0.2) is 29.9 Å². The van der Waals surface area contributed by atoms with Crippen LogP contribution in [-0.2, 0) is 4.79 Å². The van der Waals surface area contributed by atoms with Crippen LogP contribution in [0.25, 0.3) is 0 Å². The zero-order chi connectivity index (χ0) is 9.84. The molecule has 4 heteroatoms. The van der Waals surface area contributed by atoms with Gasteiger partial charge in [-0.2, -0.15) is 0 Å². The van der Waals surface area contributed by atoms with Gasteiger partial charge < -0.3 is 4.90 Å². The lowest BCUT2D eigenvalue weighted by atomic mass is 9.90. The van der Waals surface area contributed by atoms with Crippen LogP contribution in [0.1, 0.15) is 32.6 Å². The molecule has 76 valence electrons. The summed E-state index contributed by atoms with van der Waals surface area (Å²) in [6.07, 6.45) is 4.35. The highest BCUT2D eigenvalue weighted by Gasteiger charge is 2.26. The van der Waals surface area contributed by atoms with Crippen LogP contribution in [0.5, 0.6) is 0 Å². The molecule has 13 heavy (non-hydrogen) atoms. The first-order valence-electron chi connectivity index (χ1n) is 4.86. The first-order valence-corrected chi connectivity index (χ1v) is 4.86. The van der Waals surface area contributed by atoms with Crippen LogP contribution < -0.4 is 11.3 Å². The molecule has 0 radical (unpaired) electrons. The van der Waals surface area contributed by atoms with Crippen molar-refractivity contribution in [1.82, 2.24) is 10.3 Å². The van der Waals surface area contributed by atoms with Crippen molar-refractivity contribution in [1.29, 1.82) is 0 Å². The topological polar surface area (TPSA) is 58.4 Å². The Labute approximate surface area is 79.4 Å². The predicted molar refractivity (Wildman–Crippen MR) is 51.8 cm³/mol. The maximum Gasteiger partial charge on any atom is 0.235 e. The summed E-state index contributed by atoms with van der Waals surface area (Å²) >= 11 is 0. The van der Waals surface area contributed by atoms with Gasteiger partial charge in [0.1, 0.15) is 0 Å². The molecule has 1 atom stereocenters. The maximum atomic E-state index is 11.0. The maximum absolute atomic E-state index is 11.0. The largest absolute Gasteiger partial charge is 0.300 e. The molecule has 1 saturated carbocycles. The number of carbonyl (C=O) groups is 1. The third-order valence-electron chi connectivity index (χ3n) is 2.99. The summed E-state index contributed by atoms with van der Waals surface area (Å²) in [5, 5.41) is 0. The first kappa shape index (κ1) is 10.5. The molecule has 0 spiro atoms. The number of hydrogen-bond acceptors (Lipinski definition) is 3. The Balaban J connectivity index is 2.28. The van der Waals surface area contributed by atoms with E-state index in [1.165, 1.54) is 19.3 Å². The molecular weight excluding hydrogens is 166 g/mol. The number of nitrogens with two attached hydrogens (primary N) is 1. The SMILES string of the molecule is CC(CC(=O)NN)N(C)C1CCC1. The molecule has 3 N–H and O–H groups in total. The van der Waals surface area contributed by atoms with Crippen molar-refractivity contribution < 1.29 is 4.79 Å². The van der Waals surface area contributed by atoms with Crippen LogP contribution in [0.15, 0.2) is 0 Å². The van der Waals surface area contributed by atoms with Crippen LogP contribution in [0.3, 0.4) is 0 Å². The van der Waals surface area contributed by atoms with Crippen molar-refractivity contribution >= 4 is 5.91 Å². The van der Waals surface area contributed by atoms with E-state index in [-0.39, 0.29) is 11.9 Å². The lowest BCUT2D eigenvalue weighted by Crippen LogP contribution is -2.45. The summed E-state index contributed by atoms with van der Waals surface area (Å²) in [6, 6.07) is 0.967. The van der Waals surface area contributed by atoms with Crippen molar-refractivity contribution in [2.75, 3.05) is 7.05 Å². The number of amides is 1. The van der Waals surface area contributed by atoms with Gasteiger partial charge in [-0.1, -0.05) is 6.42 Å². The van der Waals surface area contributed by atoms with Gasteiger partial charge in [0.25, 0.3) is 0 Å². The number of rotatable bonds is 4. The normalized spacial score (nSPS) is 19.7. The zero-order valence-electron chi connectivity index (χ0n) is 8.42. The highest BCUT2D eigenvalue weighted by Crippen LogP contribution is 2.25. The van der Waals surface area contributed by atoms with Gasteiger partial charge in [-0.05, 0) is 26.8 Å². The molecule has 1 unspecified atom stereocenters. The number of hydrogen-bond donors (Lipinski definition) is 2. The second-order valence-electron chi connectivity index (χ2n) is 3.87. The van der Waals surface area contributed by atoms with E-state index < -0.39 is 0 Å². The summed E-state index contributed by atoms with van der Waals surface area (Å²) in [5.74, 6) is 4.94. The van der Waals surface area contributed by atoms with E-state index >= 15 is 0 Å². The fourth-order valence-corrected chi connectivity index (χ4v) is 1.63. The van der Waals surface area contributed by atoms with Crippen molar-refractivity contribution in [2.45, 2.75) is 44.7 Å². The van der Waals surface area contributed by atoms with Gasteiger partial charge in [0.2, 0.25) is 5.91 Å². The Kier molecular flexibility index (Phi) is 3.69. The Morgan fingerprint density at radius 3 is 2.69 bits per heavy atom. The van der Waals surface area contributed by atoms with E-state index in [4.69, 9.17) is 5.84 Å². The minimum atomic E-state index is -0.0846. The smallest absolute Gasteiger partial charge is 0.235 e. The van der Waals surface area contributed by atoms with Crippen molar-refractivity contribution in [3.63, 3.8) is 0 Å². The minimum Gasteiger partial charge on any atom is -0.300 e. The minimum absolute atomic E-state index is 0.0846. The van der Waals surface area contributed by atoms with Gasteiger partial charge in [-0.25, -0.2) is 5.84 Å². The summed E-state index contributed by atoms with van der Waals surface area (Å²) < 4.78 is 0. The van der Waals surface area contributed by atoms with Gasteiger partial charge in [-0.15, -0.1) is 0 Å². The predicted octanol–water partition coefficient (Wildman–Crippen LogP) is 0.239. The highest BCUT2D eigenvalue weighted by molar-refractivity contribution is 5.75. The van der Waals surface area contributed by atoms with E-state index in [2.05, 4.69) is 24.3 Å². The van der Waals surface area contributed by atoms with Crippen LogP contribution in [0.2, 0.25) is 0 Å². The molecule has 0 aliphatic heterocycles. The molecular formula is C9H19N3O. The summed E-state index contributed by atoms with van der Waals surface area (Å²) in [7, 11) is 2.08. The van der Waals surface area contributed by atoms with Gasteiger partial charge in [-0.3, -0.25) is 10.2 Å². The fraction of sp³-hybridized carbons (Fsp3) is 0.889. The molecule has 1 amide bonds. The molecule has 1 aliphatic rings. The molecule has 0 heterocycles. The van der Waals surface area contributed by atoms with E-state index in [0.717, 1.165) is 0 Å². The lowest BCUT2D eigenvalue weighted by molar-refractivity contribution is -0.122. The number of hydrazine groups is 1. The van der Waals surface area contributed by atoms with Crippen molar-refractivity contribution in [3.05, 3.63) is 0 Å². The summed E-state index contributed by atoms with van der Waals surface area (Å²) in [5.41, 5.74) is 2.16. The van der Waals surface area contributed by atoms with Crippen LogP contribution in [0.4, 0.5) is 0 Å². The fourth-order valence-electron chi connectivity index (χ4n) is 1.63. The van der Waals surface area contributed by atoms with Crippen LogP contribution in [0, 0.1) is 0 Å². The van der Waals surface area contributed by atoms with Gasteiger partial charge in [0.05, 0.1) is 0 Å². The Bertz CT molecular complexity index is 180. The summed E-state index contributed by atoms with van der Waals surface area (Å²) in [4.78, 5) is 13.3. The monoisotopic (exact) mass is 185 g/mol. The molecule has 4 nitrogen and oxygen atoms in total. The molecule has 0 aromatic heterocycles. The zero-order valence-corrected chi connectivity index (χ0v) is 8.42. The average Bonchev–Trinajstić information content (AvgIpc) is 2.00.